The molecular formula is C27H18N2O5S. The molecule has 0 saturated heterocycles. The predicted octanol–water partition coefficient (Wildman–Crippen LogP) is 4.54. The van der Waals surface area contributed by atoms with Crippen LogP contribution in [0.3, 0.4) is 0 Å². The van der Waals surface area contributed by atoms with E-state index < -0.39 is 15.8 Å². The van der Waals surface area contributed by atoms with Crippen molar-refractivity contribution >= 4 is 39.1 Å². The third kappa shape index (κ3) is 4.27. The molecule has 2 aliphatic rings. The van der Waals surface area contributed by atoms with Gasteiger partial charge in [-0.15, -0.1) is 0 Å². The summed E-state index contributed by atoms with van der Waals surface area (Å²) in [7, 11) is -4.06. The second-order valence-corrected chi connectivity index (χ2v) is 9.57. The molecule has 0 amide bonds. The third-order valence-corrected chi connectivity index (χ3v) is 6.88. The van der Waals surface area contributed by atoms with E-state index in [-0.39, 0.29) is 33.4 Å². The molecule has 0 heterocycles. The fraction of sp³-hybridized carbons (Fsp3) is 0.0370. The molecule has 172 valence electrons. The normalized spacial score (nSPS) is 17.2. The van der Waals surface area contributed by atoms with E-state index in [9.17, 15) is 18.0 Å². The number of allylic oxidation sites excluding steroid dienone is 3. The zero-order valence-electron chi connectivity index (χ0n) is 18.5. The summed E-state index contributed by atoms with van der Waals surface area (Å²) < 4.78 is 29.9. The van der Waals surface area contributed by atoms with Crippen molar-refractivity contribution in [1.29, 1.82) is 0 Å². The summed E-state index contributed by atoms with van der Waals surface area (Å²) >= 11 is 0. The van der Waals surface area contributed by atoms with Crippen molar-refractivity contribution in [3.8, 4) is 0 Å². The summed E-state index contributed by atoms with van der Waals surface area (Å²) in [6.07, 6.45) is 4.46. The van der Waals surface area contributed by atoms with E-state index in [1.165, 1.54) is 24.3 Å². The molecule has 3 aromatic carbocycles. The average molecular weight is 483 g/mol. The average Bonchev–Trinajstić information content (AvgIpc) is 2.86. The van der Waals surface area contributed by atoms with Gasteiger partial charge in [0.15, 0.2) is 5.71 Å². The van der Waals surface area contributed by atoms with Crippen LogP contribution in [0.25, 0.3) is 6.08 Å². The van der Waals surface area contributed by atoms with Crippen molar-refractivity contribution in [2.24, 2.45) is 9.55 Å². The van der Waals surface area contributed by atoms with Gasteiger partial charge >= 0.3 is 0 Å². The molecule has 8 heteroatoms. The molecule has 3 aromatic rings. The van der Waals surface area contributed by atoms with Crippen LogP contribution in [0.2, 0.25) is 0 Å². The van der Waals surface area contributed by atoms with Crippen molar-refractivity contribution in [2.75, 3.05) is 0 Å². The first-order valence-electron chi connectivity index (χ1n) is 10.7. The third-order valence-electron chi connectivity index (χ3n) is 5.58. The van der Waals surface area contributed by atoms with Crippen LogP contribution in [0, 0.1) is 6.92 Å². The Kier molecular flexibility index (Phi) is 5.58. The number of hydrogen-bond acceptors (Lipinski definition) is 6. The zero-order valence-corrected chi connectivity index (χ0v) is 19.3. The zero-order chi connectivity index (χ0) is 24.6. The van der Waals surface area contributed by atoms with Gasteiger partial charge < -0.3 is 4.84 Å². The minimum Gasteiger partial charge on any atom is -0.352 e. The number of ketones is 2. The highest BCUT2D eigenvalue weighted by Gasteiger charge is 2.28. The molecule has 7 nitrogen and oxygen atoms in total. The van der Waals surface area contributed by atoms with Crippen LogP contribution >= 0.6 is 0 Å². The Morgan fingerprint density at radius 2 is 1.37 bits per heavy atom. The SMILES string of the molecule is Cc1ccc(S(=O)(=O)/N=C2/C=C(O/N=C3/C=Cc4ccccc4C3=O)C(=O)c3ccccc32)cc1. The second-order valence-electron chi connectivity index (χ2n) is 7.97. The number of sulfonamides is 1. The van der Waals surface area contributed by atoms with E-state index >= 15 is 0 Å². The molecule has 2 aliphatic carbocycles. The van der Waals surface area contributed by atoms with E-state index in [4.69, 9.17) is 4.84 Å². The smallest absolute Gasteiger partial charge is 0.282 e. The minimum absolute atomic E-state index is 0.0158. The Hall–Kier alpha value is -4.43. The number of Topliss-reactive ketones (excluding diaryl/α,β-unsaturated/α-hetero) is 2. The highest BCUT2D eigenvalue weighted by Crippen LogP contribution is 2.25. The van der Waals surface area contributed by atoms with Gasteiger partial charge in [0, 0.05) is 22.8 Å². The Morgan fingerprint density at radius 1 is 0.714 bits per heavy atom. The van der Waals surface area contributed by atoms with Crippen molar-refractivity contribution in [2.45, 2.75) is 11.8 Å². The maximum atomic E-state index is 13.0. The highest BCUT2D eigenvalue weighted by atomic mass is 32.2. The molecular weight excluding hydrogens is 464 g/mol. The van der Waals surface area contributed by atoms with Crippen molar-refractivity contribution in [3.63, 3.8) is 0 Å². The summed E-state index contributed by atoms with van der Waals surface area (Å²) in [6.45, 7) is 1.85. The van der Waals surface area contributed by atoms with E-state index in [1.54, 1.807) is 54.6 Å². The summed E-state index contributed by atoms with van der Waals surface area (Å²) in [5.41, 5.74) is 2.77. The van der Waals surface area contributed by atoms with Gasteiger partial charge in [0.25, 0.3) is 10.0 Å². The molecule has 0 saturated carbocycles. The number of fused-ring (bicyclic) bond motifs is 2. The van der Waals surface area contributed by atoms with Crippen LogP contribution in [0.4, 0.5) is 0 Å². The lowest BCUT2D eigenvalue weighted by molar-refractivity contribution is 0.0916. The van der Waals surface area contributed by atoms with E-state index in [0.717, 1.165) is 11.1 Å². The molecule has 0 radical (unpaired) electrons. The monoisotopic (exact) mass is 482 g/mol. The molecule has 5 rings (SSSR count). The van der Waals surface area contributed by atoms with Gasteiger partial charge in [-0.3, -0.25) is 9.59 Å². The Balaban J connectivity index is 1.53. The summed E-state index contributed by atoms with van der Waals surface area (Å²) in [5.74, 6) is -1.08. The molecule has 35 heavy (non-hydrogen) atoms. The lowest BCUT2D eigenvalue weighted by atomic mass is 9.93. The Labute approximate surface area is 201 Å². The second kappa shape index (κ2) is 8.73. The number of benzene rings is 3. The quantitative estimate of drug-likeness (QED) is 0.508. The summed E-state index contributed by atoms with van der Waals surface area (Å²) in [4.78, 5) is 31.2. The number of rotatable bonds is 4. The van der Waals surface area contributed by atoms with E-state index in [2.05, 4.69) is 9.55 Å². The summed E-state index contributed by atoms with van der Waals surface area (Å²) in [6, 6.07) is 19.9. The Bertz CT molecular complexity index is 1610. The van der Waals surface area contributed by atoms with Crippen molar-refractivity contribution in [1.82, 2.24) is 0 Å². The predicted molar refractivity (Wildman–Crippen MR) is 132 cm³/mol. The maximum absolute atomic E-state index is 13.0. The number of oxime groups is 1. The summed E-state index contributed by atoms with van der Waals surface area (Å²) in [5, 5.41) is 3.90. The van der Waals surface area contributed by atoms with Gasteiger partial charge in [-0.1, -0.05) is 77.5 Å². The van der Waals surface area contributed by atoms with Gasteiger partial charge in [-0.2, -0.15) is 12.8 Å². The molecule has 0 aromatic heterocycles. The molecule has 0 bridgehead atoms. The minimum atomic E-state index is -4.06. The van der Waals surface area contributed by atoms with E-state index in [1.807, 2.05) is 19.1 Å². The van der Waals surface area contributed by atoms with Crippen LogP contribution in [0.5, 0.6) is 0 Å². The first kappa shape index (κ1) is 22.4. The first-order chi connectivity index (χ1) is 16.8. The Morgan fingerprint density at radius 3 is 2.11 bits per heavy atom. The maximum Gasteiger partial charge on any atom is 0.282 e. The van der Waals surface area contributed by atoms with Crippen molar-refractivity contribution in [3.05, 3.63) is 119 Å². The number of carbonyl (C=O) groups is 2. The lowest BCUT2D eigenvalue weighted by Crippen LogP contribution is -2.21. The van der Waals surface area contributed by atoms with Crippen LogP contribution in [0.15, 0.2) is 105 Å². The number of carbonyl (C=O) groups excluding carboxylic acids is 2. The molecule has 0 unspecified atom stereocenters. The number of hydrogen-bond donors (Lipinski definition) is 0. The van der Waals surface area contributed by atoms with Gasteiger partial charge in [-0.25, -0.2) is 0 Å². The highest BCUT2D eigenvalue weighted by molar-refractivity contribution is 7.90. The van der Waals surface area contributed by atoms with Gasteiger partial charge in [0.1, 0.15) is 0 Å². The largest absolute Gasteiger partial charge is 0.352 e. The van der Waals surface area contributed by atoms with Crippen molar-refractivity contribution < 1.29 is 22.8 Å². The molecule has 0 atom stereocenters. The standard InChI is InChI=1S/C27H18N2O5S/c1-17-10-13-19(14-11-17)35(32,33)29-24-16-25(27(31)22-9-5-4-8-21(22)24)34-28-23-15-12-18-6-2-3-7-20(18)26(23)30/h2-16H,1H3/b28-23-,29-24-. The van der Waals surface area contributed by atoms with Crippen LogP contribution in [0.1, 0.15) is 37.4 Å². The fourth-order valence-electron chi connectivity index (χ4n) is 3.74. The number of aryl methyl sites for hydroxylation is 1. The van der Waals surface area contributed by atoms with Crippen LogP contribution in [-0.4, -0.2) is 31.4 Å². The molecule has 0 N–H and O–H groups in total. The van der Waals surface area contributed by atoms with Gasteiger partial charge in [0.2, 0.25) is 17.3 Å². The number of nitrogens with zero attached hydrogens (tertiary/aromatic N) is 2. The van der Waals surface area contributed by atoms with Gasteiger partial charge in [0.05, 0.1) is 10.6 Å². The topological polar surface area (TPSA) is 102 Å². The lowest BCUT2D eigenvalue weighted by Gasteiger charge is -2.16. The van der Waals surface area contributed by atoms with Gasteiger partial charge in [-0.05, 0) is 30.7 Å². The van der Waals surface area contributed by atoms with E-state index in [0.29, 0.717) is 11.1 Å². The molecule has 0 aliphatic heterocycles. The molecule has 0 fully saturated rings. The van der Waals surface area contributed by atoms with Crippen LogP contribution < -0.4 is 0 Å². The first-order valence-corrected chi connectivity index (χ1v) is 12.1. The fourth-order valence-corrected chi connectivity index (χ4v) is 4.74. The molecule has 0 spiro atoms. The van der Waals surface area contributed by atoms with Crippen LogP contribution in [-0.2, 0) is 14.9 Å².